The molecule has 118 valence electrons. The van der Waals surface area contributed by atoms with Crippen LogP contribution in [0.3, 0.4) is 0 Å². The lowest BCUT2D eigenvalue weighted by molar-refractivity contribution is 0.555. The number of rotatable bonds is 4. The summed E-state index contributed by atoms with van der Waals surface area (Å²) in [6.07, 6.45) is 1.03. The minimum Gasteiger partial charge on any atom is -0.283 e. The van der Waals surface area contributed by atoms with E-state index in [1.807, 2.05) is 13.0 Å². The van der Waals surface area contributed by atoms with Gasteiger partial charge in [0.2, 0.25) is 10.0 Å². The summed E-state index contributed by atoms with van der Waals surface area (Å²) in [6, 6.07) is 5.38. The summed E-state index contributed by atoms with van der Waals surface area (Å²) in [5, 5.41) is -0.644. The van der Waals surface area contributed by atoms with Gasteiger partial charge in [-0.2, -0.15) is 0 Å². The van der Waals surface area contributed by atoms with Crippen LogP contribution in [0.15, 0.2) is 22.7 Å². The number of sulfonamides is 1. The highest BCUT2D eigenvalue weighted by Gasteiger charge is 2.33. The topological polar surface area (TPSA) is 80.3 Å². The Morgan fingerprint density at radius 3 is 2.48 bits per heavy atom. The summed E-state index contributed by atoms with van der Waals surface area (Å²) in [5.74, 6) is -0.112. The lowest BCUT2D eigenvalue weighted by Gasteiger charge is -2.23. The minimum atomic E-state index is -3.56. The zero-order valence-electron chi connectivity index (χ0n) is 11.7. The van der Waals surface area contributed by atoms with Gasteiger partial charge in [-0.05, 0) is 43.0 Å². The molecular formula is C13H18BrNO4S2. The van der Waals surface area contributed by atoms with Crippen LogP contribution in [-0.4, -0.2) is 33.6 Å². The highest BCUT2D eigenvalue weighted by Crippen LogP contribution is 2.26. The van der Waals surface area contributed by atoms with E-state index in [0.29, 0.717) is 12.1 Å². The zero-order chi connectivity index (χ0) is 15.7. The van der Waals surface area contributed by atoms with Crippen LogP contribution in [0.25, 0.3) is 0 Å². The van der Waals surface area contributed by atoms with Gasteiger partial charge in [-0.1, -0.05) is 22.9 Å². The molecule has 0 radical (unpaired) electrons. The Balaban J connectivity index is 2.19. The number of aryl methyl sites for hydroxylation is 1. The zero-order valence-corrected chi connectivity index (χ0v) is 14.9. The molecule has 1 aromatic rings. The standard InChI is InChI=1S/C13H18BrNO4S2/c1-2-10-9-11(14)3-4-13(10)15-21(18,19)12-5-7-20(16,17)8-6-12/h3-4,9,12,15H,2,5-8H2,1H3. The first-order valence-electron chi connectivity index (χ1n) is 6.74. The molecule has 1 heterocycles. The molecule has 2 rings (SSSR count). The molecule has 1 fully saturated rings. The van der Waals surface area contributed by atoms with E-state index >= 15 is 0 Å². The summed E-state index contributed by atoms with van der Waals surface area (Å²) in [4.78, 5) is 0. The lowest BCUT2D eigenvalue weighted by Crippen LogP contribution is -2.36. The van der Waals surface area contributed by atoms with Gasteiger partial charge in [0.05, 0.1) is 22.4 Å². The first kappa shape index (κ1) is 16.8. The summed E-state index contributed by atoms with van der Waals surface area (Å²) >= 11 is 3.36. The van der Waals surface area contributed by atoms with Gasteiger partial charge in [-0.15, -0.1) is 0 Å². The number of anilines is 1. The molecule has 8 heteroatoms. The quantitative estimate of drug-likeness (QED) is 0.847. The van der Waals surface area contributed by atoms with E-state index in [0.717, 1.165) is 10.0 Å². The molecule has 1 N–H and O–H groups in total. The second kappa shape index (κ2) is 6.26. The predicted molar refractivity (Wildman–Crippen MR) is 87.7 cm³/mol. The summed E-state index contributed by atoms with van der Waals surface area (Å²) in [7, 11) is -6.63. The van der Waals surface area contributed by atoms with Crippen LogP contribution >= 0.6 is 15.9 Å². The average molecular weight is 396 g/mol. The van der Waals surface area contributed by atoms with Crippen LogP contribution in [-0.2, 0) is 26.3 Å². The van der Waals surface area contributed by atoms with E-state index in [-0.39, 0.29) is 24.3 Å². The number of hydrogen-bond acceptors (Lipinski definition) is 4. The average Bonchev–Trinajstić information content (AvgIpc) is 2.40. The number of benzene rings is 1. The second-order valence-corrected chi connectivity index (χ2v) is 10.3. The van der Waals surface area contributed by atoms with Gasteiger partial charge < -0.3 is 0 Å². The lowest BCUT2D eigenvalue weighted by atomic mass is 10.1. The van der Waals surface area contributed by atoms with E-state index in [2.05, 4.69) is 20.7 Å². The van der Waals surface area contributed by atoms with Crippen molar-refractivity contribution in [2.45, 2.75) is 31.4 Å². The molecule has 0 saturated carbocycles. The molecule has 0 aromatic heterocycles. The van der Waals surface area contributed by atoms with Gasteiger partial charge in [-0.25, -0.2) is 16.8 Å². The van der Waals surface area contributed by atoms with Gasteiger partial charge in [0.15, 0.2) is 0 Å². The predicted octanol–water partition coefficient (Wildman–Crippen LogP) is 2.33. The maximum Gasteiger partial charge on any atom is 0.235 e. The third kappa shape index (κ3) is 4.20. The van der Waals surface area contributed by atoms with Crippen LogP contribution in [0.2, 0.25) is 0 Å². The Bertz CT molecular complexity index is 715. The molecule has 0 amide bonds. The van der Waals surface area contributed by atoms with Crippen molar-refractivity contribution in [3.05, 3.63) is 28.2 Å². The number of nitrogens with one attached hydrogen (secondary N) is 1. The van der Waals surface area contributed by atoms with E-state index in [9.17, 15) is 16.8 Å². The van der Waals surface area contributed by atoms with Crippen molar-refractivity contribution in [2.24, 2.45) is 0 Å². The maximum absolute atomic E-state index is 12.4. The van der Waals surface area contributed by atoms with Crippen molar-refractivity contribution in [3.63, 3.8) is 0 Å². The van der Waals surface area contributed by atoms with Gasteiger partial charge in [0.25, 0.3) is 0 Å². The molecule has 0 bridgehead atoms. The molecule has 0 aliphatic carbocycles. The monoisotopic (exact) mass is 395 g/mol. The van der Waals surface area contributed by atoms with E-state index in [1.54, 1.807) is 12.1 Å². The Hall–Kier alpha value is -0.600. The normalized spacial score (nSPS) is 19.3. The van der Waals surface area contributed by atoms with Crippen LogP contribution in [0.5, 0.6) is 0 Å². The van der Waals surface area contributed by atoms with Crippen LogP contribution in [0.4, 0.5) is 5.69 Å². The summed E-state index contributed by atoms with van der Waals surface area (Å²) < 4.78 is 51.1. The van der Waals surface area contributed by atoms with Crippen molar-refractivity contribution in [3.8, 4) is 0 Å². The maximum atomic E-state index is 12.4. The molecule has 0 spiro atoms. The van der Waals surface area contributed by atoms with Crippen molar-refractivity contribution in [1.82, 2.24) is 0 Å². The summed E-state index contributed by atoms with van der Waals surface area (Å²) in [6.45, 7) is 1.95. The Labute approximate surface area is 134 Å². The molecular weight excluding hydrogens is 378 g/mol. The molecule has 21 heavy (non-hydrogen) atoms. The van der Waals surface area contributed by atoms with Crippen molar-refractivity contribution in [1.29, 1.82) is 0 Å². The molecule has 0 unspecified atom stereocenters. The van der Waals surface area contributed by atoms with Crippen LogP contribution in [0.1, 0.15) is 25.3 Å². The van der Waals surface area contributed by atoms with Gasteiger partial charge in [-0.3, -0.25) is 4.72 Å². The molecule has 5 nitrogen and oxygen atoms in total. The minimum absolute atomic E-state index is 0.0560. The van der Waals surface area contributed by atoms with E-state index in [4.69, 9.17) is 0 Å². The highest BCUT2D eigenvalue weighted by molar-refractivity contribution is 9.10. The third-order valence-electron chi connectivity index (χ3n) is 3.64. The van der Waals surface area contributed by atoms with E-state index < -0.39 is 25.1 Å². The van der Waals surface area contributed by atoms with Crippen molar-refractivity contribution >= 4 is 41.5 Å². The second-order valence-electron chi connectivity index (χ2n) is 5.15. The van der Waals surface area contributed by atoms with Crippen LogP contribution < -0.4 is 4.72 Å². The van der Waals surface area contributed by atoms with Gasteiger partial charge >= 0.3 is 0 Å². The summed E-state index contributed by atoms with van der Waals surface area (Å²) in [5.41, 5.74) is 1.46. The molecule has 1 aromatic carbocycles. The largest absolute Gasteiger partial charge is 0.283 e. The SMILES string of the molecule is CCc1cc(Br)ccc1NS(=O)(=O)C1CCS(=O)(=O)CC1. The van der Waals surface area contributed by atoms with E-state index in [1.165, 1.54) is 0 Å². The Kier molecular flexibility index (Phi) is 4.99. The number of sulfone groups is 1. The fourth-order valence-electron chi connectivity index (χ4n) is 2.37. The molecule has 1 aliphatic rings. The van der Waals surface area contributed by atoms with Crippen LogP contribution in [0, 0.1) is 0 Å². The molecule has 0 atom stereocenters. The molecule has 1 saturated heterocycles. The first-order valence-corrected chi connectivity index (χ1v) is 10.9. The van der Waals surface area contributed by atoms with Crippen molar-refractivity contribution < 1.29 is 16.8 Å². The number of halogens is 1. The molecule has 1 aliphatic heterocycles. The Morgan fingerprint density at radius 2 is 1.90 bits per heavy atom. The highest BCUT2D eigenvalue weighted by atomic mass is 79.9. The van der Waals surface area contributed by atoms with Gasteiger partial charge in [0.1, 0.15) is 9.84 Å². The number of hydrogen-bond donors (Lipinski definition) is 1. The Morgan fingerprint density at radius 1 is 1.29 bits per heavy atom. The van der Waals surface area contributed by atoms with Gasteiger partial charge in [0, 0.05) is 4.47 Å². The fraction of sp³-hybridized carbons (Fsp3) is 0.538. The third-order valence-corrected chi connectivity index (χ3v) is 7.70. The smallest absolute Gasteiger partial charge is 0.235 e. The first-order chi connectivity index (χ1) is 9.73. The fourth-order valence-corrected chi connectivity index (χ4v) is 6.10. The van der Waals surface area contributed by atoms with Crippen molar-refractivity contribution in [2.75, 3.05) is 16.2 Å².